The molecule has 1 aliphatic rings. The smallest absolute Gasteiger partial charge is 0.256 e. The summed E-state index contributed by atoms with van der Waals surface area (Å²) in [5.74, 6) is -1.07. The van der Waals surface area contributed by atoms with Crippen LogP contribution < -0.4 is 0 Å². The number of amidine groups is 2. The first-order valence-electron chi connectivity index (χ1n) is 8.41. The van der Waals surface area contributed by atoms with E-state index in [1.807, 2.05) is 0 Å². The molecule has 1 aromatic heterocycles. The van der Waals surface area contributed by atoms with Crippen LogP contribution in [0.3, 0.4) is 0 Å². The molecule has 1 saturated heterocycles. The van der Waals surface area contributed by atoms with Crippen molar-refractivity contribution in [3.05, 3.63) is 57.8 Å². The van der Waals surface area contributed by atoms with E-state index in [1.54, 1.807) is 13.8 Å². The van der Waals surface area contributed by atoms with Crippen LogP contribution in [0.2, 0.25) is 10.0 Å². The molecule has 3 rings (SSSR count). The van der Waals surface area contributed by atoms with E-state index in [1.165, 1.54) is 34.5 Å². The molecule has 2 atom stereocenters. The number of piperazine rings is 1. The minimum Gasteiger partial charge on any atom is -0.324 e. The van der Waals surface area contributed by atoms with Crippen molar-refractivity contribution >= 4 is 40.8 Å². The minimum atomic E-state index is -0.709. The zero-order valence-electron chi connectivity index (χ0n) is 15.1. The Labute approximate surface area is 171 Å². The second kappa shape index (κ2) is 7.81. The van der Waals surface area contributed by atoms with Gasteiger partial charge in [0.15, 0.2) is 5.84 Å². The number of rotatable bonds is 2. The lowest BCUT2D eigenvalue weighted by atomic mass is 10.0. The summed E-state index contributed by atoms with van der Waals surface area (Å²) in [4.78, 5) is 24.1. The Kier molecular flexibility index (Phi) is 5.62. The van der Waals surface area contributed by atoms with Crippen LogP contribution in [0.4, 0.5) is 4.39 Å². The number of nitrogens with zero attached hydrogens (tertiary/aromatic N) is 4. The average Bonchev–Trinajstić information content (AvgIpc) is 2.69. The van der Waals surface area contributed by atoms with Gasteiger partial charge in [0.05, 0.1) is 27.8 Å². The Morgan fingerprint density at radius 1 is 1.25 bits per heavy atom. The summed E-state index contributed by atoms with van der Waals surface area (Å²) in [6.07, 6.45) is 4.42. The van der Waals surface area contributed by atoms with E-state index in [0.717, 1.165) is 6.07 Å². The van der Waals surface area contributed by atoms with Crippen molar-refractivity contribution in [3.8, 4) is 0 Å². The van der Waals surface area contributed by atoms with Gasteiger partial charge in [-0.3, -0.25) is 20.6 Å². The van der Waals surface area contributed by atoms with Crippen LogP contribution in [0.25, 0.3) is 0 Å². The highest BCUT2D eigenvalue weighted by Crippen LogP contribution is 2.31. The molecule has 0 radical (unpaired) electrons. The van der Waals surface area contributed by atoms with Crippen molar-refractivity contribution in [2.75, 3.05) is 6.54 Å². The van der Waals surface area contributed by atoms with E-state index in [4.69, 9.17) is 34.0 Å². The van der Waals surface area contributed by atoms with Crippen molar-refractivity contribution < 1.29 is 9.18 Å². The fraction of sp³-hybridized carbons (Fsp3) is 0.278. The summed E-state index contributed by atoms with van der Waals surface area (Å²) >= 11 is 11.9. The number of hydrogen-bond donors (Lipinski definition) is 2. The summed E-state index contributed by atoms with van der Waals surface area (Å²) in [7, 11) is 0. The van der Waals surface area contributed by atoms with Gasteiger partial charge in [-0.25, -0.2) is 9.37 Å². The van der Waals surface area contributed by atoms with Crippen molar-refractivity contribution in [2.45, 2.75) is 25.9 Å². The molecule has 0 saturated carbocycles. The molecule has 2 N–H and O–H groups in total. The summed E-state index contributed by atoms with van der Waals surface area (Å²) in [6, 6.07) is 1.37. The average molecular weight is 423 g/mol. The van der Waals surface area contributed by atoms with Gasteiger partial charge >= 0.3 is 0 Å². The maximum atomic E-state index is 13.6. The van der Waals surface area contributed by atoms with Crippen LogP contribution in [-0.4, -0.2) is 56.0 Å². The number of benzene rings is 1. The molecule has 1 aromatic carbocycles. The fourth-order valence-corrected chi connectivity index (χ4v) is 3.57. The predicted octanol–water partition coefficient (Wildman–Crippen LogP) is 3.46. The van der Waals surface area contributed by atoms with Crippen molar-refractivity contribution in [1.82, 2.24) is 19.8 Å². The molecule has 146 valence electrons. The van der Waals surface area contributed by atoms with E-state index in [0.29, 0.717) is 5.69 Å². The lowest BCUT2D eigenvalue weighted by molar-refractivity contribution is 0.0604. The predicted molar refractivity (Wildman–Crippen MR) is 105 cm³/mol. The fourth-order valence-electron chi connectivity index (χ4n) is 3.17. The normalized spacial score (nSPS) is 19.7. The number of halogens is 3. The molecule has 1 fully saturated rings. The number of carbonyl (C=O) groups excluding carboxylic acids is 1. The van der Waals surface area contributed by atoms with Crippen LogP contribution in [0.15, 0.2) is 30.7 Å². The maximum Gasteiger partial charge on any atom is 0.256 e. The zero-order valence-corrected chi connectivity index (χ0v) is 16.6. The van der Waals surface area contributed by atoms with E-state index < -0.39 is 17.8 Å². The summed E-state index contributed by atoms with van der Waals surface area (Å²) < 4.78 is 13.6. The van der Waals surface area contributed by atoms with Gasteiger partial charge in [0.1, 0.15) is 17.3 Å². The van der Waals surface area contributed by atoms with E-state index >= 15 is 0 Å². The van der Waals surface area contributed by atoms with Crippen LogP contribution in [0.1, 0.15) is 29.9 Å². The standard InChI is InChI=1S/C18H17Cl2FN6O/c1-9-8-26(17(23)13-7-24-5-6-25-13)16(22)10(2)27(9)18(28)11-3-4-12(21)15(20)14(11)19/h3-7,9-10,22-23H,8H2,1-2H3. The van der Waals surface area contributed by atoms with Crippen molar-refractivity contribution in [3.63, 3.8) is 0 Å². The monoisotopic (exact) mass is 422 g/mol. The maximum absolute atomic E-state index is 13.6. The Hall–Kier alpha value is -2.58. The second-order valence-corrected chi connectivity index (χ2v) is 7.15. The third-order valence-corrected chi connectivity index (χ3v) is 5.46. The highest BCUT2D eigenvalue weighted by Gasteiger charge is 2.39. The van der Waals surface area contributed by atoms with Gasteiger partial charge in [-0.2, -0.15) is 0 Å². The molecule has 0 bridgehead atoms. The van der Waals surface area contributed by atoms with Gasteiger partial charge < -0.3 is 9.80 Å². The first-order chi connectivity index (χ1) is 13.2. The zero-order chi connectivity index (χ0) is 20.6. The third kappa shape index (κ3) is 3.45. The second-order valence-electron chi connectivity index (χ2n) is 6.40. The van der Waals surface area contributed by atoms with E-state index in [9.17, 15) is 9.18 Å². The number of nitrogens with one attached hydrogen (secondary N) is 2. The Balaban J connectivity index is 1.88. The molecule has 1 aliphatic heterocycles. The largest absolute Gasteiger partial charge is 0.324 e. The molecule has 2 aromatic rings. The quantitative estimate of drug-likeness (QED) is 0.439. The Morgan fingerprint density at radius 2 is 1.96 bits per heavy atom. The molecule has 10 heteroatoms. The molecule has 0 aliphatic carbocycles. The Bertz CT molecular complexity index is 955. The first-order valence-corrected chi connectivity index (χ1v) is 9.16. The molecule has 2 unspecified atom stereocenters. The van der Waals surface area contributed by atoms with Gasteiger partial charge in [-0.05, 0) is 26.0 Å². The van der Waals surface area contributed by atoms with Gasteiger partial charge in [-0.1, -0.05) is 23.2 Å². The van der Waals surface area contributed by atoms with Gasteiger partial charge in [0.2, 0.25) is 0 Å². The van der Waals surface area contributed by atoms with Crippen LogP contribution in [0, 0.1) is 16.6 Å². The van der Waals surface area contributed by atoms with Gasteiger partial charge in [0, 0.05) is 25.0 Å². The minimum absolute atomic E-state index is 0.0340. The lowest BCUT2D eigenvalue weighted by Crippen LogP contribution is -2.62. The van der Waals surface area contributed by atoms with Crippen molar-refractivity contribution in [2.24, 2.45) is 0 Å². The number of hydrogen-bond acceptors (Lipinski definition) is 5. The van der Waals surface area contributed by atoms with Crippen molar-refractivity contribution in [1.29, 1.82) is 10.8 Å². The molecular weight excluding hydrogens is 406 g/mol. The van der Waals surface area contributed by atoms with Crippen LogP contribution in [0.5, 0.6) is 0 Å². The molecule has 7 nitrogen and oxygen atoms in total. The molecular formula is C18H17Cl2FN6O. The molecule has 28 heavy (non-hydrogen) atoms. The number of amides is 1. The molecule has 1 amide bonds. The summed E-state index contributed by atoms with van der Waals surface area (Å²) in [5.41, 5.74) is 0.400. The van der Waals surface area contributed by atoms with Gasteiger partial charge in [0.25, 0.3) is 5.91 Å². The SMILES string of the molecule is CC1CN(C(=N)c2cnccn2)C(=N)C(C)N1C(=O)c1ccc(F)c(Cl)c1Cl. The first kappa shape index (κ1) is 20.2. The highest BCUT2D eigenvalue weighted by molar-refractivity contribution is 6.44. The molecule has 0 spiro atoms. The Morgan fingerprint density at radius 3 is 2.61 bits per heavy atom. The van der Waals surface area contributed by atoms with E-state index in [-0.39, 0.29) is 39.9 Å². The summed E-state index contributed by atoms with van der Waals surface area (Å²) in [6.45, 7) is 3.71. The van der Waals surface area contributed by atoms with Gasteiger partial charge in [-0.15, -0.1) is 0 Å². The number of carbonyl (C=O) groups is 1. The number of aromatic nitrogens is 2. The van der Waals surface area contributed by atoms with E-state index in [2.05, 4.69) is 9.97 Å². The molecule has 2 heterocycles. The summed E-state index contributed by atoms with van der Waals surface area (Å²) in [5, 5.41) is 16.3. The highest BCUT2D eigenvalue weighted by atomic mass is 35.5. The third-order valence-electron chi connectivity index (χ3n) is 4.60. The van der Waals surface area contributed by atoms with Crippen LogP contribution >= 0.6 is 23.2 Å². The topological polar surface area (TPSA) is 97.0 Å². The van der Waals surface area contributed by atoms with Crippen LogP contribution in [-0.2, 0) is 0 Å². The lowest BCUT2D eigenvalue weighted by Gasteiger charge is -2.45.